The van der Waals surface area contributed by atoms with Gasteiger partial charge in [-0.05, 0) is 96.7 Å². The van der Waals surface area contributed by atoms with Crippen molar-refractivity contribution in [1.82, 2.24) is 0 Å². The van der Waals surface area contributed by atoms with Crippen LogP contribution in [0.5, 0.6) is 0 Å². The molecule has 0 radical (unpaired) electrons. The lowest BCUT2D eigenvalue weighted by molar-refractivity contribution is -0.137. The van der Waals surface area contributed by atoms with E-state index in [0.717, 1.165) is 37.1 Å². The molecule has 1 N–H and O–H groups in total. The highest BCUT2D eigenvalue weighted by molar-refractivity contribution is 5.69. The number of aliphatic hydroxyl groups excluding tert-OH is 1. The van der Waals surface area contributed by atoms with Crippen molar-refractivity contribution in [1.29, 1.82) is 0 Å². The van der Waals surface area contributed by atoms with Gasteiger partial charge in [0.15, 0.2) is 0 Å². The minimum absolute atomic E-state index is 0.0659. The summed E-state index contributed by atoms with van der Waals surface area (Å²) in [7, 11) is 0. The van der Waals surface area contributed by atoms with Gasteiger partial charge < -0.3 is 10.0 Å². The predicted molar refractivity (Wildman–Crippen MR) is 148 cm³/mol. The second-order valence-corrected chi connectivity index (χ2v) is 11.6. The molecule has 1 saturated carbocycles. The molecule has 4 unspecified atom stereocenters. The largest absolute Gasteiger partial charge is 0.416 e. The van der Waals surface area contributed by atoms with Crippen LogP contribution in [0.4, 0.5) is 37.7 Å². The molecule has 5 atom stereocenters. The molecule has 0 aromatic heterocycles. The Morgan fingerprint density at radius 3 is 2.07 bits per heavy atom. The highest BCUT2D eigenvalue weighted by Crippen LogP contribution is 2.64. The van der Waals surface area contributed by atoms with Crippen LogP contribution in [0, 0.1) is 29.1 Å². The van der Waals surface area contributed by atoms with Gasteiger partial charge in [0.1, 0.15) is 0 Å². The zero-order valence-electron chi connectivity index (χ0n) is 22.9. The zero-order valence-corrected chi connectivity index (χ0v) is 22.9. The molecule has 2 aromatic carbocycles. The van der Waals surface area contributed by atoms with Crippen molar-refractivity contribution >= 4 is 11.4 Å². The van der Waals surface area contributed by atoms with Gasteiger partial charge in [-0.1, -0.05) is 55.9 Å². The van der Waals surface area contributed by atoms with Gasteiger partial charge in [0.05, 0.1) is 12.0 Å². The van der Waals surface area contributed by atoms with Gasteiger partial charge in [-0.25, -0.2) is 0 Å². The SMILES string of the molecule is CCCC1(CCO)C2C=C(N(c3ccc(CC(F)(F)F)cc3)c3ccc(C(F)(F)F)cc3)CCC2C2C=CC=C[C@@H]21. The monoisotopic (exact) mass is 575 g/mol. The molecule has 220 valence electrons. The van der Waals surface area contributed by atoms with Gasteiger partial charge in [-0.2, -0.15) is 26.3 Å². The Balaban J connectivity index is 1.59. The lowest BCUT2D eigenvalue weighted by Crippen LogP contribution is -2.35. The highest BCUT2D eigenvalue weighted by Gasteiger charge is 2.57. The van der Waals surface area contributed by atoms with E-state index in [2.05, 4.69) is 37.3 Å². The van der Waals surface area contributed by atoms with Crippen LogP contribution >= 0.6 is 0 Å². The molecule has 3 aliphatic rings. The van der Waals surface area contributed by atoms with Gasteiger partial charge in [-0.3, -0.25) is 0 Å². The Morgan fingerprint density at radius 2 is 1.49 bits per heavy atom. The maximum absolute atomic E-state index is 13.4. The molecule has 0 bridgehead atoms. The Morgan fingerprint density at radius 1 is 0.854 bits per heavy atom. The molecule has 8 heteroatoms. The number of alkyl halides is 6. The minimum atomic E-state index is -4.48. The fraction of sp³-hybridized carbons (Fsp3) is 0.455. The maximum Gasteiger partial charge on any atom is 0.416 e. The molecule has 2 aromatic rings. The molecule has 3 aliphatic carbocycles. The fourth-order valence-electron chi connectivity index (χ4n) is 7.69. The van der Waals surface area contributed by atoms with Crippen molar-refractivity contribution in [2.45, 2.75) is 57.8 Å². The lowest BCUT2D eigenvalue weighted by Gasteiger charge is -2.42. The van der Waals surface area contributed by atoms with Crippen LogP contribution in [0.25, 0.3) is 0 Å². The summed E-state index contributed by atoms with van der Waals surface area (Å²) in [5, 5.41) is 10.2. The number of hydrogen-bond acceptors (Lipinski definition) is 2. The van der Waals surface area contributed by atoms with Crippen LogP contribution in [0.1, 0.15) is 50.2 Å². The third-order valence-corrected chi connectivity index (χ3v) is 9.20. The van der Waals surface area contributed by atoms with Crippen molar-refractivity contribution in [3.8, 4) is 0 Å². The smallest absolute Gasteiger partial charge is 0.396 e. The number of rotatable bonds is 8. The molecule has 0 heterocycles. The number of nitrogens with zero attached hydrogens (tertiary/aromatic N) is 1. The first-order valence-electron chi connectivity index (χ1n) is 14.3. The topological polar surface area (TPSA) is 23.5 Å². The van der Waals surface area contributed by atoms with Crippen LogP contribution in [0.15, 0.2) is 84.6 Å². The third kappa shape index (κ3) is 5.85. The van der Waals surface area contributed by atoms with Crippen LogP contribution in [0.2, 0.25) is 0 Å². The minimum Gasteiger partial charge on any atom is -0.396 e. The van der Waals surface area contributed by atoms with E-state index in [-0.39, 0.29) is 29.4 Å². The van der Waals surface area contributed by atoms with Gasteiger partial charge in [0.2, 0.25) is 0 Å². The second kappa shape index (κ2) is 11.3. The van der Waals surface area contributed by atoms with Crippen molar-refractivity contribution in [3.05, 3.63) is 95.7 Å². The number of fused-ring (bicyclic) bond motifs is 3. The third-order valence-electron chi connectivity index (χ3n) is 9.20. The molecular weight excluding hydrogens is 540 g/mol. The second-order valence-electron chi connectivity index (χ2n) is 11.6. The number of benzene rings is 2. The van der Waals surface area contributed by atoms with Gasteiger partial charge in [-0.15, -0.1) is 0 Å². The average molecular weight is 576 g/mol. The van der Waals surface area contributed by atoms with E-state index < -0.39 is 24.3 Å². The summed E-state index contributed by atoms with van der Waals surface area (Å²) in [6, 6.07) is 11.0. The summed E-state index contributed by atoms with van der Waals surface area (Å²) in [5.41, 5.74) is 1.23. The predicted octanol–water partition coefficient (Wildman–Crippen LogP) is 9.40. The zero-order chi connectivity index (χ0) is 29.4. The van der Waals surface area contributed by atoms with Gasteiger partial charge >= 0.3 is 12.4 Å². The number of halogens is 6. The molecule has 1 fully saturated rings. The summed E-state index contributed by atoms with van der Waals surface area (Å²) < 4.78 is 79.1. The van der Waals surface area contributed by atoms with E-state index in [1.807, 2.05) is 4.90 Å². The number of aliphatic hydroxyl groups is 1. The Bertz CT molecular complexity index is 1280. The summed E-state index contributed by atoms with van der Waals surface area (Å²) in [4.78, 5) is 1.89. The first-order chi connectivity index (χ1) is 19.5. The van der Waals surface area contributed by atoms with E-state index >= 15 is 0 Å². The molecule has 0 aliphatic heterocycles. The lowest BCUT2D eigenvalue weighted by atomic mass is 9.64. The van der Waals surface area contributed by atoms with E-state index in [0.29, 0.717) is 36.1 Å². The normalized spacial score (nSPS) is 27.4. The molecule has 0 amide bonds. The van der Waals surface area contributed by atoms with E-state index in [1.54, 1.807) is 12.1 Å². The van der Waals surface area contributed by atoms with Gasteiger partial charge in [0, 0.05) is 23.7 Å². The standard InChI is InChI=1S/C33H35F6NO/c1-2-17-31(18-19-41)29-6-4-3-5-27(29)28-16-15-26(20-30(28)31)40(25-13-9-23(10-14-25)33(37,38)39)24-11-7-22(8-12-24)21-32(34,35)36/h3-14,20,27-30,41H,2,15-19,21H2,1H3/t27?,28?,29-,30?,31?/m0/s1. The Labute approximate surface area is 237 Å². The first-order valence-corrected chi connectivity index (χ1v) is 14.3. The Hall–Kier alpha value is -3.00. The highest BCUT2D eigenvalue weighted by atomic mass is 19.4. The van der Waals surface area contributed by atoms with Crippen molar-refractivity contribution in [2.24, 2.45) is 29.1 Å². The number of hydrogen-bond donors (Lipinski definition) is 1. The van der Waals surface area contributed by atoms with Crippen LogP contribution < -0.4 is 4.90 Å². The van der Waals surface area contributed by atoms with E-state index in [1.165, 1.54) is 24.3 Å². The number of anilines is 2. The maximum atomic E-state index is 13.4. The first kappa shape index (κ1) is 29.5. The molecule has 41 heavy (non-hydrogen) atoms. The van der Waals surface area contributed by atoms with Crippen molar-refractivity contribution in [2.75, 3.05) is 11.5 Å². The van der Waals surface area contributed by atoms with E-state index in [4.69, 9.17) is 0 Å². The average Bonchev–Trinajstić information content (AvgIpc) is 3.18. The van der Waals surface area contributed by atoms with E-state index in [9.17, 15) is 31.4 Å². The van der Waals surface area contributed by atoms with Gasteiger partial charge in [0.25, 0.3) is 0 Å². The van der Waals surface area contributed by atoms with Crippen LogP contribution in [-0.2, 0) is 12.6 Å². The summed E-state index contributed by atoms with van der Waals surface area (Å²) in [6.07, 6.45) is 5.20. The van der Waals surface area contributed by atoms with Crippen LogP contribution in [-0.4, -0.2) is 17.9 Å². The summed E-state index contributed by atoms with van der Waals surface area (Å²) in [6.45, 7) is 2.21. The summed E-state index contributed by atoms with van der Waals surface area (Å²) >= 11 is 0. The quantitative estimate of drug-likeness (QED) is 0.317. The van der Waals surface area contributed by atoms with Crippen molar-refractivity contribution in [3.63, 3.8) is 0 Å². The Kier molecular flexibility index (Phi) is 8.16. The molecule has 0 spiro atoms. The molecule has 0 saturated heterocycles. The van der Waals surface area contributed by atoms with Crippen LogP contribution in [0.3, 0.4) is 0 Å². The van der Waals surface area contributed by atoms with Crippen molar-refractivity contribution < 1.29 is 31.4 Å². The fourth-order valence-corrected chi connectivity index (χ4v) is 7.69. The number of allylic oxidation sites excluding steroid dienone is 6. The summed E-state index contributed by atoms with van der Waals surface area (Å²) in [5.74, 6) is 1.14. The molecular formula is C33H35F6NO. The molecule has 5 rings (SSSR count). The molecule has 2 nitrogen and oxygen atoms in total.